The Morgan fingerprint density at radius 1 is 1.23 bits per heavy atom. The van der Waals surface area contributed by atoms with Crippen LogP contribution in [0.4, 0.5) is 11.4 Å². The van der Waals surface area contributed by atoms with Crippen LogP contribution in [0.2, 0.25) is 0 Å². The highest BCUT2D eigenvalue weighted by molar-refractivity contribution is 9.10. The molecule has 7 nitrogen and oxygen atoms in total. The molecule has 0 unspecified atom stereocenters. The van der Waals surface area contributed by atoms with Crippen molar-refractivity contribution in [3.63, 3.8) is 0 Å². The van der Waals surface area contributed by atoms with Crippen LogP contribution in [0.5, 0.6) is 0 Å². The van der Waals surface area contributed by atoms with Crippen LogP contribution >= 0.6 is 23.5 Å². The number of anilines is 1. The second-order valence-electron chi connectivity index (χ2n) is 5.98. The number of non-ortho nitro benzene ring substituents is 1. The molecule has 9 heteroatoms. The van der Waals surface area contributed by atoms with E-state index in [4.69, 9.17) is 9.05 Å². The Morgan fingerprint density at radius 3 is 2.46 bits per heavy atom. The Balaban J connectivity index is 1.93. The maximum absolute atomic E-state index is 13.4. The molecule has 1 saturated heterocycles. The summed E-state index contributed by atoms with van der Waals surface area (Å²) in [6.45, 7) is 2.22. The quantitative estimate of drug-likeness (QED) is 0.375. The van der Waals surface area contributed by atoms with Crippen molar-refractivity contribution >= 4 is 34.9 Å². The summed E-state index contributed by atoms with van der Waals surface area (Å²) in [4.78, 5) is 10.4. The van der Waals surface area contributed by atoms with Gasteiger partial charge in [0, 0.05) is 22.3 Å². The first-order chi connectivity index (χ1) is 12.4. The highest BCUT2D eigenvalue weighted by atomic mass is 79.9. The minimum absolute atomic E-state index is 0.0128. The first-order valence-electron chi connectivity index (χ1n) is 8.06. The molecular formula is C17H18BrN2O5P. The first-order valence-corrected chi connectivity index (χ1v) is 10.5. The van der Waals surface area contributed by atoms with E-state index in [0.717, 1.165) is 10.0 Å². The fourth-order valence-electron chi connectivity index (χ4n) is 2.64. The van der Waals surface area contributed by atoms with Gasteiger partial charge in [-0.2, -0.15) is 0 Å². The van der Waals surface area contributed by atoms with Crippen molar-refractivity contribution in [1.29, 1.82) is 0 Å². The van der Waals surface area contributed by atoms with E-state index in [1.807, 2.05) is 31.2 Å². The van der Waals surface area contributed by atoms with Gasteiger partial charge in [0.15, 0.2) is 5.78 Å². The number of nitrogens with zero attached hydrogens (tertiary/aromatic N) is 1. The Bertz CT molecular complexity index is 828. The molecule has 26 heavy (non-hydrogen) atoms. The number of nitro benzene ring substituents is 1. The van der Waals surface area contributed by atoms with E-state index in [1.165, 1.54) is 12.1 Å². The molecule has 1 heterocycles. The Hall–Kier alpha value is -1.73. The number of rotatable bonds is 5. The number of nitro groups is 1. The third kappa shape index (κ3) is 4.32. The molecule has 138 valence electrons. The van der Waals surface area contributed by atoms with Gasteiger partial charge in [0.1, 0.15) is 0 Å². The van der Waals surface area contributed by atoms with Gasteiger partial charge in [0.05, 0.1) is 17.6 Å². The topological polar surface area (TPSA) is 90.7 Å². The minimum atomic E-state index is -3.47. The zero-order valence-electron chi connectivity index (χ0n) is 14.0. The first kappa shape index (κ1) is 19.0. The van der Waals surface area contributed by atoms with E-state index in [-0.39, 0.29) is 11.8 Å². The van der Waals surface area contributed by atoms with E-state index in [0.29, 0.717) is 18.7 Å². The van der Waals surface area contributed by atoms with E-state index in [9.17, 15) is 14.7 Å². The number of hydrogen-bond donors (Lipinski definition) is 1. The zero-order valence-corrected chi connectivity index (χ0v) is 16.5. The van der Waals surface area contributed by atoms with Crippen molar-refractivity contribution in [2.75, 3.05) is 11.9 Å². The van der Waals surface area contributed by atoms with Gasteiger partial charge in [0.2, 0.25) is 0 Å². The van der Waals surface area contributed by atoms with Gasteiger partial charge in [-0.3, -0.25) is 14.7 Å². The van der Waals surface area contributed by atoms with E-state index >= 15 is 0 Å². The average Bonchev–Trinajstić information content (AvgIpc) is 2.61. The van der Waals surface area contributed by atoms with Gasteiger partial charge in [0.25, 0.3) is 5.69 Å². The van der Waals surface area contributed by atoms with Crippen LogP contribution in [0.15, 0.2) is 53.0 Å². The molecule has 1 aliphatic rings. The van der Waals surface area contributed by atoms with Crippen LogP contribution in [0.25, 0.3) is 0 Å². The predicted molar refractivity (Wildman–Crippen MR) is 102 cm³/mol. The van der Waals surface area contributed by atoms with Crippen LogP contribution in [0, 0.1) is 10.1 Å². The van der Waals surface area contributed by atoms with Gasteiger partial charge in [-0.15, -0.1) is 0 Å². The summed E-state index contributed by atoms with van der Waals surface area (Å²) in [6, 6.07) is 13.3. The lowest BCUT2D eigenvalue weighted by Crippen LogP contribution is -2.23. The highest BCUT2D eigenvalue weighted by Crippen LogP contribution is 2.63. The lowest BCUT2D eigenvalue weighted by atomic mass is 10.2. The maximum Gasteiger partial charge on any atom is 0.357 e. The molecule has 0 amide bonds. The van der Waals surface area contributed by atoms with Crippen LogP contribution < -0.4 is 5.32 Å². The van der Waals surface area contributed by atoms with Gasteiger partial charge >= 0.3 is 7.60 Å². The summed E-state index contributed by atoms with van der Waals surface area (Å²) < 4.78 is 25.6. The average molecular weight is 441 g/mol. The van der Waals surface area contributed by atoms with E-state index < -0.39 is 18.3 Å². The number of hydrogen-bond acceptors (Lipinski definition) is 6. The largest absolute Gasteiger partial charge is 0.368 e. The third-order valence-electron chi connectivity index (χ3n) is 4.01. The summed E-state index contributed by atoms with van der Waals surface area (Å²) in [5, 5.41) is 14.0. The molecule has 0 spiro atoms. The maximum atomic E-state index is 13.4. The molecule has 0 bridgehead atoms. The van der Waals surface area contributed by atoms with Gasteiger partial charge < -0.3 is 14.4 Å². The van der Waals surface area contributed by atoms with Crippen LogP contribution in [-0.4, -0.2) is 17.6 Å². The third-order valence-corrected chi connectivity index (χ3v) is 6.79. The SMILES string of the molecule is C[C@@H]1CCO[P@](=O)([C@H](Nc2ccc([N+](=O)[O-])cc2)c2ccc(Br)cc2)O1. The second-order valence-corrected chi connectivity index (χ2v) is 8.96. The molecule has 0 radical (unpaired) electrons. The van der Waals surface area contributed by atoms with Gasteiger partial charge in [-0.25, -0.2) is 0 Å². The lowest BCUT2D eigenvalue weighted by molar-refractivity contribution is -0.384. The molecule has 1 fully saturated rings. The molecule has 0 aliphatic carbocycles. The smallest absolute Gasteiger partial charge is 0.357 e. The summed E-state index contributed by atoms with van der Waals surface area (Å²) >= 11 is 3.39. The number of nitrogens with one attached hydrogen (secondary N) is 1. The molecule has 1 N–H and O–H groups in total. The molecule has 1 aliphatic heterocycles. The van der Waals surface area contributed by atoms with Crippen molar-refractivity contribution in [3.05, 3.63) is 68.7 Å². The van der Waals surface area contributed by atoms with E-state index in [1.54, 1.807) is 12.1 Å². The van der Waals surface area contributed by atoms with Crippen molar-refractivity contribution in [2.24, 2.45) is 0 Å². The zero-order chi connectivity index (χ0) is 18.7. The minimum Gasteiger partial charge on any atom is -0.368 e. The summed E-state index contributed by atoms with van der Waals surface area (Å²) in [7, 11) is -3.47. The fourth-order valence-corrected chi connectivity index (χ4v) is 5.05. The molecule has 2 aromatic rings. The second kappa shape index (κ2) is 7.88. The van der Waals surface area contributed by atoms with Crippen molar-refractivity contribution in [2.45, 2.75) is 25.2 Å². The van der Waals surface area contributed by atoms with Crippen molar-refractivity contribution in [1.82, 2.24) is 0 Å². The van der Waals surface area contributed by atoms with Gasteiger partial charge in [-0.1, -0.05) is 28.1 Å². The summed E-state index contributed by atoms with van der Waals surface area (Å²) in [6.07, 6.45) is 0.500. The Labute approximate surface area is 159 Å². The number of benzene rings is 2. The number of halogens is 1. The van der Waals surface area contributed by atoms with E-state index in [2.05, 4.69) is 21.2 Å². The molecule has 0 aromatic heterocycles. The molecular weight excluding hydrogens is 423 g/mol. The van der Waals surface area contributed by atoms with Gasteiger partial charge in [-0.05, 0) is 43.2 Å². The summed E-state index contributed by atoms with van der Waals surface area (Å²) in [5.41, 5.74) is 1.31. The molecule has 3 atom stereocenters. The predicted octanol–water partition coefficient (Wildman–Crippen LogP) is 5.49. The standard InChI is InChI=1S/C17H18BrN2O5P/c1-12-10-11-24-26(23,25-12)17(13-2-4-14(18)5-3-13)19-15-6-8-16(9-7-15)20(21)22/h2-9,12,17,19H,10-11H2,1H3/t12-,17+,26-/m1/s1. The Morgan fingerprint density at radius 2 is 1.88 bits per heavy atom. The highest BCUT2D eigenvalue weighted by Gasteiger charge is 2.41. The summed E-state index contributed by atoms with van der Waals surface area (Å²) in [5.74, 6) is -0.722. The normalized spacial score (nSPS) is 24.0. The molecule has 2 aromatic carbocycles. The van der Waals surface area contributed by atoms with Crippen molar-refractivity contribution in [3.8, 4) is 0 Å². The van der Waals surface area contributed by atoms with Crippen LogP contribution in [0.3, 0.4) is 0 Å². The monoisotopic (exact) mass is 440 g/mol. The lowest BCUT2D eigenvalue weighted by Gasteiger charge is -2.34. The van der Waals surface area contributed by atoms with Crippen LogP contribution in [-0.2, 0) is 13.6 Å². The molecule has 0 saturated carbocycles. The fraction of sp³-hybridized carbons (Fsp3) is 0.294. The molecule has 3 rings (SSSR count). The Kier molecular flexibility index (Phi) is 5.77. The van der Waals surface area contributed by atoms with Crippen molar-refractivity contribution < 1.29 is 18.5 Å². The van der Waals surface area contributed by atoms with Crippen LogP contribution in [0.1, 0.15) is 24.7 Å².